The molecule has 2 N–H and O–H groups in total. The second-order valence-corrected chi connectivity index (χ2v) is 6.03. The van der Waals surface area contributed by atoms with Crippen molar-refractivity contribution in [2.45, 2.75) is 38.3 Å². The van der Waals surface area contributed by atoms with Crippen LogP contribution in [0.25, 0.3) is 0 Å². The SMILES string of the molecule is C[C@@H](NC(=O)C1(C)CCCN1)c1cccc(Br)c1. The Morgan fingerprint density at radius 3 is 2.94 bits per heavy atom. The van der Waals surface area contributed by atoms with Crippen molar-refractivity contribution in [3.63, 3.8) is 0 Å². The van der Waals surface area contributed by atoms with E-state index < -0.39 is 5.54 Å². The number of rotatable bonds is 3. The van der Waals surface area contributed by atoms with Crippen LogP contribution in [0.5, 0.6) is 0 Å². The second kappa shape index (κ2) is 5.41. The number of carbonyl (C=O) groups excluding carboxylic acids is 1. The van der Waals surface area contributed by atoms with Gasteiger partial charge < -0.3 is 10.6 Å². The van der Waals surface area contributed by atoms with Crippen molar-refractivity contribution in [1.82, 2.24) is 10.6 Å². The van der Waals surface area contributed by atoms with Gasteiger partial charge in [0.05, 0.1) is 11.6 Å². The average molecular weight is 311 g/mol. The van der Waals surface area contributed by atoms with Crippen LogP contribution in [-0.2, 0) is 4.79 Å². The van der Waals surface area contributed by atoms with Crippen LogP contribution in [0.4, 0.5) is 0 Å². The molecule has 0 aromatic heterocycles. The molecule has 1 aromatic carbocycles. The Hall–Kier alpha value is -0.870. The molecule has 1 aliphatic heterocycles. The highest BCUT2D eigenvalue weighted by molar-refractivity contribution is 9.10. The van der Waals surface area contributed by atoms with E-state index in [1.54, 1.807) is 0 Å². The zero-order chi connectivity index (χ0) is 13.2. The van der Waals surface area contributed by atoms with Crippen LogP contribution in [-0.4, -0.2) is 18.0 Å². The smallest absolute Gasteiger partial charge is 0.240 e. The molecule has 4 heteroatoms. The van der Waals surface area contributed by atoms with Crippen LogP contribution >= 0.6 is 15.9 Å². The van der Waals surface area contributed by atoms with Crippen molar-refractivity contribution in [2.75, 3.05) is 6.54 Å². The molecule has 1 aromatic rings. The standard InChI is InChI=1S/C14H19BrN2O/c1-10(11-5-3-6-12(15)9-11)17-13(18)14(2)7-4-8-16-14/h3,5-6,9-10,16H,4,7-8H2,1-2H3,(H,17,18)/t10-,14?/m1/s1. The maximum absolute atomic E-state index is 12.3. The van der Waals surface area contributed by atoms with Crippen molar-refractivity contribution in [1.29, 1.82) is 0 Å². The molecule has 18 heavy (non-hydrogen) atoms. The summed E-state index contributed by atoms with van der Waals surface area (Å²) in [5.41, 5.74) is 0.708. The quantitative estimate of drug-likeness (QED) is 0.901. The second-order valence-electron chi connectivity index (χ2n) is 5.11. The zero-order valence-corrected chi connectivity index (χ0v) is 12.4. The predicted octanol–water partition coefficient (Wildman–Crippen LogP) is 2.77. The summed E-state index contributed by atoms with van der Waals surface area (Å²) in [5.74, 6) is 0.0903. The topological polar surface area (TPSA) is 41.1 Å². The normalized spacial score (nSPS) is 24.8. The van der Waals surface area contributed by atoms with E-state index in [0.29, 0.717) is 0 Å². The zero-order valence-electron chi connectivity index (χ0n) is 10.8. The van der Waals surface area contributed by atoms with Gasteiger partial charge in [0.2, 0.25) is 5.91 Å². The fourth-order valence-electron chi connectivity index (χ4n) is 2.30. The summed E-state index contributed by atoms with van der Waals surface area (Å²) in [6.45, 7) is 4.91. The molecule has 0 bridgehead atoms. The maximum Gasteiger partial charge on any atom is 0.240 e. The number of carbonyl (C=O) groups is 1. The largest absolute Gasteiger partial charge is 0.348 e. The molecule has 1 fully saturated rings. The third-order valence-electron chi connectivity index (χ3n) is 3.57. The summed E-state index contributed by atoms with van der Waals surface area (Å²) >= 11 is 3.45. The van der Waals surface area contributed by atoms with E-state index in [9.17, 15) is 4.79 Å². The highest BCUT2D eigenvalue weighted by Gasteiger charge is 2.36. The molecule has 1 heterocycles. The molecule has 2 atom stereocenters. The van der Waals surface area contributed by atoms with Gasteiger partial charge in [0.1, 0.15) is 0 Å². The summed E-state index contributed by atoms with van der Waals surface area (Å²) < 4.78 is 1.03. The lowest BCUT2D eigenvalue weighted by Crippen LogP contribution is -2.51. The van der Waals surface area contributed by atoms with Crippen LogP contribution < -0.4 is 10.6 Å². The molecule has 1 saturated heterocycles. The number of amides is 1. The van der Waals surface area contributed by atoms with Gasteiger partial charge in [-0.3, -0.25) is 4.79 Å². The van der Waals surface area contributed by atoms with Gasteiger partial charge in [0, 0.05) is 4.47 Å². The Labute approximate surface area is 116 Å². The molecule has 1 aliphatic rings. The van der Waals surface area contributed by atoms with Gasteiger partial charge in [-0.05, 0) is 50.9 Å². The van der Waals surface area contributed by atoms with Gasteiger partial charge in [0.25, 0.3) is 0 Å². The van der Waals surface area contributed by atoms with E-state index >= 15 is 0 Å². The van der Waals surface area contributed by atoms with Crippen molar-refractivity contribution >= 4 is 21.8 Å². The first kappa shape index (κ1) is 13.6. The molecule has 3 nitrogen and oxygen atoms in total. The third-order valence-corrected chi connectivity index (χ3v) is 4.06. The van der Waals surface area contributed by atoms with E-state index in [2.05, 4.69) is 26.6 Å². The number of benzene rings is 1. The summed E-state index contributed by atoms with van der Waals surface area (Å²) in [6.07, 6.45) is 1.97. The minimum Gasteiger partial charge on any atom is -0.348 e. The van der Waals surface area contributed by atoms with Gasteiger partial charge in [-0.2, -0.15) is 0 Å². The first-order valence-corrected chi connectivity index (χ1v) is 7.12. The number of nitrogens with one attached hydrogen (secondary N) is 2. The average Bonchev–Trinajstić information content (AvgIpc) is 2.77. The molecular formula is C14H19BrN2O. The van der Waals surface area contributed by atoms with Gasteiger partial charge in [-0.25, -0.2) is 0 Å². The lowest BCUT2D eigenvalue weighted by atomic mass is 9.98. The molecule has 98 valence electrons. The Morgan fingerprint density at radius 1 is 1.56 bits per heavy atom. The van der Waals surface area contributed by atoms with E-state index in [4.69, 9.17) is 0 Å². The first-order chi connectivity index (χ1) is 8.51. The van der Waals surface area contributed by atoms with Crippen molar-refractivity contribution in [2.24, 2.45) is 0 Å². The monoisotopic (exact) mass is 310 g/mol. The van der Waals surface area contributed by atoms with Gasteiger partial charge >= 0.3 is 0 Å². The molecule has 2 rings (SSSR count). The minimum atomic E-state index is -0.403. The van der Waals surface area contributed by atoms with E-state index in [-0.39, 0.29) is 11.9 Å². The van der Waals surface area contributed by atoms with E-state index in [1.165, 1.54) is 0 Å². The Balaban J connectivity index is 2.03. The van der Waals surface area contributed by atoms with Gasteiger partial charge in [-0.1, -0.05) is 28.1 Å². The van der Waals surface area contributed by atoms with E-state index in [0.717, 1.165) is 29.4 Å². The Kier molecular flexibility index (Phi) is 4.07. The van der Waals surface area contributed by atoms with Crippen LogP contribution in [0.3, 0.4) is 0 Å². The molecule has 1 unspecified atom stereocenters. The lowest BCUT2D eigenvalue weighted by molar-refractivity contribution is -0.127. The van der Waals surface area contributed by atoms with Crippen LogP contribution in [0.2, 0.25) is 0 Å². The lowest BCUT2D eigenvalue weighted by Gasteiger charge is -2.26. The van der Waals surface area contributed by atoms with Crippen molar-refractivity contribution in [3.05, 3.63) is 34.3 Å². The van der Waals surface area contributed by atoms with E-state index in [1.807, 2.05) is 38.1 Å². The van der Waals surface area contributed by atoms with Crippen LogP contribution in [0, 0.1) is 0 Å². The number of hydrogen-bond acceptors (Lipinski definition) is 2. The Morgan fingerprint density at radius 2 is 2.33 bits per heavy atom. The molecule has 0 spiro atoms. The highest BCUT2D eigenvalue weighted by atomic mass is 79.9. The molecule has 0 saturated carbocycles. The van der Waals surface area contributed by atoms with Gasteiger partial charge in [0.15, 0.2) is 0 Å². The third kappa shape index (κ3) is 2.93. The fraction of sp³-hybridized carbons (Fsp3) is 0.500. The molecule has 1 amide bonds. The fourth-order valence-corrected chi connectivity index (χ4v) is 2.72. The summed E-state index contributed by atoms with van der Waals surface area (Å²) in [5, 5.41) is 6.36. The number of hydrogen-bond donors (Lipinski definition) is 2. The summed E-state index contributed by atoms with van der Waals surface area (Å²) in [4.78, 5) is 12.3. The van der Waals surface area contributed by atoms with Crippen LogP contribution in [0.1, 0.15) is 38.3 Å². The summed E-state index contributed by atoms with van der Waals surface area (Å²) in [7, 11) is 0. The highest BCUT2D eigenvalue weighted by Crippen LogP contribution is 2.22. The predicted molar refractivity (Wildman–Crippen MR) is 76.3 cm³/mol. The number of halogens is 1. The molecule has 0 radical (unpaired) electrons. The van der Waals surface area contributed by atoms with Crippen LogP contribution in [0.15, 0.2) is 28.7 Å². The van der Waals surface area contributed by atoms with Crippen molar-refractivity contribution in [3.8, 4) is 0 Å². The van der Waals surface area contributed by atoms with Gasteiger partial charge in [-0.15, -0.1) is 0 Å². The first-order valence-electron chi connectivity index (χ1n) is 6.33. The maximum atomic E-state index is 12.3. The molecular weight excluding hydrogens is 292 g/mol. The minimum absolute atomic E-state index is 0.0224. The summed E-state index contributed by atoms with van der Waals surface area (Å²) in [6, 6.07) is 8.06. The Bertz CT molecular complexity index is 441. The molecule has 0 aliphatic carbocycles. The van der Waals surface area contributed by atoms with Crippen molar-refractivity contribution < 1.29 is 4.79 Å².